The average molecular weight is 325 g/mol. The molecule has 19 heavy (non-hydrogen) atoms. The van der Waals surface area contributed by atoms with Gasteiger partial charge < -0.3 is 5.32 Å². The third-order valence-electron chi connectivity index (χ3n) is 3.10. The summed E-state index contributed by atoms with van der Waals surface area (Å²) < 4.78 is 26.2. The predicted molar refractivity (Wildman–Crippen MR) is 82.7 cm³/mol. The Morgan fingerprint density at radius 3 is 2.53 bits per heavy atom. The second kappa shape index (κ2) is 7.04. The molecule has 4 nitrogen and oxygen atoms in total. The maximum atomic E-state index is 12.3. The van der Waals surface area contributed by atoms with Crippen molar-refractivity contribution in [3.63, 3.8) is 0 Å². The summed E-state index contributed by atoms with van der Waals surface area (Å²) in [5.41, 5.74) is 0. The zero-order chi connectivity index (χ0) is 13.2. The SMILES string of the molecule is CC1CN(S(=O)(=O)CCc2cccs2)CC(C)N1.Cl. The summed E-state index contributed by atoms with van der Waals surface area (Å²) in [6.07, 6.45) is 0.618. The van der Waals surface area contributed by atoms with Crippen molar-refractivity contribution in [3.05, 3.63) is 22.4 Å². The first-order valence-electron chi connectivity index (χ1n) is 6.23. The van der Waals surface area contributed by atoms with E-state index in [2.05, 4.69) is 5.32 Å². The zero-order valence-corrected chi connectivity index (χ0v) is 13.7. The minimum absolute atomic E-state index is 0. The molecule has 0 radical (unpaired) electrons. The van der Waals surface area contributed by atoms with E-state index < -0.39 is 10.0 Å². The average Bonchev–Trinajstić information content (AvgIpc) is 2.78. The summed E-state index contributed by atoms with van der Waals surface area (Å²) in [7, 11) is -3.13. The number of sulfonamides is 1. The van der Waals surface area contributed by atoms with Crippen molar-refractivity contribution < 1.29 is 8.42 Å². The van der Waals surface area contributed by atoms with Crippen molar-refractivity contribution in [2.24, 2.45) is 0 Å². The van der Waals surface area contributed by atoms with Gasteiger partial charge in [0, 0.05) is 30.1 Å². The highest BCUT2D eigenvalue weighted by atomic mass is 35.5. The van der Waals surface area contributed by atoms with Crippen molar-refractivity contribution >= 4 is 33.8 Å². The summed E-state index contributed by atoms with van der Waals surface area (Å²) in [6, 6.07) is 4.40. The molecule has 1 aromatic heterocycles. The molecule has 0 amide bonds. The summed E-state index contributed by atoms with van der Waals surface area (Å²) in [4.78, 5) is 1.13. The van der Waals surface area contributed by atoms with Crippen LogP contribution in [0.15, 0.2) is 17.5 Å². The molecule has 2 rings (SSSR count). The molecule has 1 N–H and O–H groups in total. The van der Waals surface area contributed by atoms with Crippen LogP contribution in [-0.2, 0) is 16.4 Å². The fraction of sp³-hybridized carbons (Fsp3) is 0.667. The van der Waals surface area contributed by atoms with E-state index in [4.69, 9.17) is 0 Å². The third-order valence-corrected chi connectivity index (χ3v) is 5.85. The molecule has 1 aliphatic rings. The Kier molecular flexibility index (Phi) is 6.26. The van der Waals surface area contributed by atoms with Crippen LogP contribution < -0.4 is 5.32 Å². The van der Waals surface area contributed by atoms with Gasteiger partial charge in [-0.1, -0.05) is 6.07 Å². The normalized spacial score (nSPS) is 24.9. The number of rotatable bonds is 4. The molecule has 0 bridgehead atoms. The lowest BCUT2D eigenvalue weighted by atomic mass is 10.2. The number of aryl methyl sites for hydroxylation is 1. The standard InChI is InChI=1S/C12H20N2O2S2.ClH/c1-10-8-14(9-11(2)13-10)18(15,16)7-5-12-4-3-6-17-12;/h3-4,6,10-11,13H,5,7-9H2,1-2H3;1H. The number of hydrogen-bond donors (Lipinski definition) is 1. The Bertz CT molecular complexity index is 466. The van der Waals surface area contributed by atoms with Crippen LogP contribution in [0, 0.1) is 0 Å². The van der Waals surface area contributed by atoms with Gasteiger partial charge in [-0.15, -0.1) is 23.7 Å². The second-order valence-electron chi connectivity index (χ2n) is 4.93. The molecule has 0 aliphatic carbocycles. The van der Waals surface area contributed by atoms with Crippen LogP contribution in [0.3, 0.4) is 0 Å². The largest absolute Gasteiger partial charge is 0.309 e. The topological polar surface area (TPSA) is 49.4 Å². The van der Waals surface area contributed by atoms with Crippen LogP contribution in [0.4, 0.5) is 0 Å². The molecule has 2 heterocycles. The number of thiophene rings is 1. The Morgan fingerprint density at radius 1 is 1.37 bits per heavy atom. The Balaban J connectivity index is 0.00000180. The van der Waals surface area contributed by atoms with E-state index in [1.165, 1.54) is 0 Å². The van der Waals surface area contributed by atoms with Crippen molar-refractivity contribution in [1.29, 1.82) is 0 Å². The number of hydrogen-bond acceptors (Lipinski definition) is 4. The van der Waals surface area contributed by atoms with E-state index >= 15 is 0 Å². The van der Waals surface area contributed by atoms with Crippen LogP contribution in [0.5, 0.6) is 0 Å². The van der Waals surface area contributed by atoms with Gasteiger partial charge in [-0.25, -0.2) is 8.42 Å². The molecule has 2 unspecified atom stereocenters. The summed E-state index contributed by atoms with van der Waals surface area (Å²) in [6.45, 7) is 5.21. The van der Waals surface area contributed by atoms with Gasteiger partial charge in [-0.3, -0.25) is 0 Å². The Morgan fingerprint density at radius 2 is 2.00 bits per heavy atom. The maximum Gasteiger partial charge on any atom is 0.214 e. The van der Waals surface area contributed by atoms with Crippen molar-refractivity contribution in [3.8, 4) is 0 Å². The van der Waals surface area contributed by atoms with Crippen LogP contribution >= 0.6 is 23.7 Å². The number of halogens is 1. The molecule has 0 saturated carbocycles. The minimum atomic E-state index is -3.13. The summed E-state index contributed by atoms with van der Waals surface area (Å²) >= 11 is 1.62. The third kappa shape index (κ3) is 4.72. The van der Waals surface area contributed by atoms with E-state index in [1.54, 1.807) is 15.6 Å². The zero-order valence-electron chi connectivity index (χ0n) is 11.2. The summed E-state index contributed by atoms with van der Waals surface area (Å²) in [5, 5.41) is 5.33. The molecule has 1 aromatic rings. The lowest BCUT2D eigenvalue weighted by Gasteiger charge is -2.35. The minimum Gasteiger partial charge on any atom is -0.309 e. The molecule has 1 saturated heterocycles. The number of nitrogens with zero attached hydrogens (tertiary/aromatic N) is 1. The quantitative estimate of drug-likeness (QED) is 0.917. The lowest BCUT2D eigenvalue weighted by Crippen LogP contribution is -2.56. The van der Waals surface area contributed by atoms with Gasteiger partial charge in [0.15, 0.2) is 0 Å². The molecule has 7 heteroatoms. The molecule has 0 aromatic carbocycles. The van der Waals surface area contributed by atoms with Gasteiger partial charge in [0.25, 0.3) is 0 Å². The number of nitrogens with one attached hydrogen (secondary N) is 1. The fourth-order valence-corrected chi connectivity index (χ4v) is 4.79. The van der Waals surface area contributed by atoms with Gasteiger partial charge in [0.2, 0.25) is 10.0 Å². The van der Waals surface area contributed by atoms with Crippen LogP contribution in [0.25, 0.3) is 0 Å². The van der Waals surface area contributed by atoms with Crippen molar-refractivity contribution in [2.45, 2.75) is 32.4 Å². The Labute approximate surface area is 125 Å². The molecule has 1 aliphatic heterocycles. The van der Waals surface area contributed by atoms with Crippen LogP contribution in [0.2, 0.25) is 0 Å². The van der Waals surface area contributed by atoms with E-state index in [0.717, 1.165) is 4.88 Å². The molecular weight excluding hydrogens is 304 g/mol. The number of piperazine rings is 1. The van der Waals surface area contributed by atoms with Gasteiger partial charge >= 0.3 is 0 Å². The van der Waals surface area contributed by atoms with Crippen molar-refractivity contribution in [1.82, 2.24) is 9.62 Å². The lowest BCUT2D eigenvalue weighted by molar-refractivity contribution is 0.263. The van der Waals surface area contributed by atoms with Crippen LogP contribution in [0.1, 0.15) is 18.7 Å². The van der Waals surface area contributed by atoms with Crippen LogP contribution in [-0.4, -0.2) is 43.6 Å². The predicted octanol–water partition coefficient (Wildman–Crippen LogP) is 1.72. The smallest absolute Gasteiger partial charge is 0.214 e. The first kappa shape index (κ1) is 16.9. The van der Waals surface area contributed by atoms with Gasteiger partial charge in [-0.05, 0) is 31.7 Å². The van der Waals surface area contributed by atoms with Gasteiger partial charge in [-0.2, -0.15) is 4.31 Å². The van der Waals surface area contributed by atoms with E-state index in [0.29, 0.717) is 19.5 Å². The highest BCUT2D eigenvalue weighted by Crippen LogP contribution is 2.14. The first-order valence-corrected chi connectivity index (χ1v) is 8.72. The fourth-order valence-electron chi connectivity index (χ4n) is 2.32. The highest BCUT2D eigenvalue weighted by Gasteiger charge is 2.29. The molecule has 1 fully saturated rings. The van der Waals surface area contributed by atoms with Gasteiger partial charge in [0.05, 0.1) is 5.75 Å². The Hall–Kier alpha value is -0.140. The van der Waals surface area contributed by atoms with E-state index in [1.807, 2.05) is 31.4 Å². The second-order valence-corrected chi connectivity index (χ2v) is 8.05. The monoisotopic (exact) mass is 324 g/mol. The first-order chi connectivity index (χ1) is 8.47. The molecular formula is C12H21ClN2O2S2. The molecule has 2 atom stereocenters. The van der Waals surface area contributed by atoms with E-state index in [-0.39, 0.29) is 30.2 Å². The van der Waals surface area contributed by atoms with Crippen molar-refractivity contribution in [2.75, 3.05) is 18.8 Å². The van der Waals surface area contributed by atoms with Gasteiger partial charge in [0.1, 0.15) is 0 Å². The summed E-state index contributed by atoms with van der Waals surface area (Å²) in [5.74, 6) is 0.215. The highest BCUT2D eigenvalue weighted by molar-refractivity contribution is 7.89. The maximum absolute atomic E-state index is 12.3. The molecule has 0 spiro atoms. The molecule has 110 valence electrons. The van der Waals surface area contributed by atoms with E-state index in [9.17, 15) is 8.42 Å².